The molecule has 0 heterocycles. The van der Waals surface area contributed by atoms with Crippen LogP contribution in [0.3, 0.4) is 0 Å². The first-order valence-electron chi connectivity index (χ1n) is 18.5. The number of carboxylic acids is 1. The zero-order chi connectivity index (χ0) is 47.9. The van der Waals surface area contributed by atoms with Crippen molar-refractivity contribution in [3.63, 3.8) is 0 Å². The molecular formula is C35H53I2N9O16. The molecule has 0 aliphatic heterocycles. The summed E-state index contributed by atoms with van der Waals surface area (Å²) in [6.45, 7) is 4.54. The number of hydrogen-bond donors (Lipinski definition) is 16. The summed E-state index contributed by atoms with van der Waals surface area (Å²) < 4.78 is 0.686. The first-order chi connectivity index (χ1) is 28.6. The second-order valence-corrected chi connectivity index (χ2v) is 16.5. The maximum Gasteiger partial charge on any atom is 0.328 e. The van der Waals surface area contributed by atoms with E-state index >= 15 is 0 Å². The fourth-order valence-electron chi connectivity index (χ4n) is 5.22. The number of nitrogens with two attached hydrogens (primary N) is 2. The summed E-state index contributed by atoms with van der Waals surface area (Å²) in [5, 5.41) is 85.4. The number of halogens is 2. The number of phenols is 1. The molecule has 0 aromatic heterocycles. The summed E-state index contributed by atoms with van der Waals surface area (Å²) >= 11 is 3.61. The number of carbonyl (C=O) groups is 9. The largest absolute Gasteiger partial charge is 0.506 e. The Morgan fingerprint density at radius 2 is 0.903 bits per heavy atom. The highest BCUT2D eigenvalue weighted by Crippen LogP contribution is 2.28. The minimum atomic E-state index is -2.00. The second-order valence-electron chi connectivity index (χ2n) is 14.2. The summed E-state index contributed by atoms with van der Waals surface area (Å²) in [6.07, 6.45) is -8.13. The van der Waals surface area contributed by atoms with Gasteiger partial charge in [0.25, 0.3) is 0 Å². The fraction of sp³-hybridized carbons (Fsp3) is 0.571. The topological polar surface area (TPSA) is 431 Å². The smallest absolute Gasteiger partial charge is 0.328 e. The van der Waals surface area contributed by atoms with Crippen LogP contribution in [0, 0.1) is 7.14 Å². The summed E-state index contributed by atoms with van der Waals surface area (Å²) in [5.74, 6) is -11.2. The monoisotopic (exact) mass is 1110 g/mol. The molecule has 0 saturated carbocycles. The van der Waals surface area contributed by atoms with E-state index in [9.17, 15) is 78.9 Å². The number of carboxylic acid groups (broad SMARTS) is 1. The third-order valence-corrected chi connectivity index (χ3v) is 10.3. The molecule has 12 atom stereocenters. The van der Waals surface area contributed by atoms with Crippen molar-refractivity contribution >= 4 is 98.4 Å². The maximum absolute atomic E-state index is 13.7. The predicted octanol–water partition coefficient (Wildman–Crippen LogP) is -6.64. The van der Waals surface area contributed by atoms with E-state index < -0.39 is 139 Å². The Kier molecular flexibility index (Phi) is 22.9. The number of amides is 8. The number of rotatable bonds is 24. The molecule has 1 rings (SSSR count). The van der Waals surface area contributed by atoms with Crippen molar-refractivity contribution in [3.05, 3.63) is 24.8 Å². The second kappa shape index (κ2) is 25.5. The van der Waals surface area contributed by atoms with E-state index in [-0.39, 0.29) is 12.2 Å². The Hall–Kier alpha value is -4.53. The minimum absolute atomic E-state index is 0.0857. The Morgan fingerprint density at radius 3 is 1.27 bits per heavy atom. The number of aliphatic hydroxyl groups is 5. The third-order valence-electron chi connectivity index (χ3n) is 8.65. The van der Waals surface area contributed by atoms with E-state index in [0.29, 0.717) is 12.7 Å². The molecule has 62 heavy (non-hydrogen) atoms. The summed E-state index contributed by atoms with van der Waals surface area (Å²) in [5.41, 5.74) is 11.1. The lowest BCUT2D eigenvalue weighted by Gasteiger charge is -2.29. The number of carbonyl (C=O) groups excluding carboxylic acids is 8. The van der Waals surface area contributed by atoms with Gasteiger partial charge in [-0.05, 0) is 97.5 Å². The number of benzene rings is 1. The molecule has 1 aromatic carbocycles. The van der Waals surface area contributed by atoms with E-state index in [1.165, 1.54) is 19.1 Å². The van der Waals surface area contributed by atoms with E-state index in [4.69, 9.17) is 11.5 Å². The summed E-state index contributed by atoms with van der Waals surface area (Å²) in [6, 6.07) is -11.1. The van der Waals surface area contributed by atoms with Gasteiger partial charge in [0.2, 0.25) is 47.3 Å². The molecule has 25 nitrogen and oxygen atoms in total. The molecule has 8 amide bonds. The highest BCUT2D eigenvalue weighted by molar-refractivity contribution is 14.1. The van der Waals surface area contributed by atoms with Gasteiger partial charge in [-0.1, -0.05) is 0 Å². The molecule has 27 heteroatoms. The van der Waals surface area contributed by atoms with Crippen LogP contribution in [0.15, 0.2) is 12.1 Å². The maximum atomic E-state index is 13.7. The molecule has 1 aromatic rings. The van der Waals surface area contributed by atoms with Crippen LogP contribution in [0.2, 0.25) is 0 Å². The molecule has 0 spiro atoms. The summed E-state index contributed by atoms with van der Waals surface area (Å²) in [7, 11) is 0. The number of aliphatic hydroxyl groups excluding tert-OH is 5. The van der Waals surface area contributed by atoms with Crippen LogP contribution >= 0.6 is 45.2 Å². The van der Waals surface area contributed by atoms with Gasteiger partial charge in [-0.25, -0.2) is 4.79 Å². The number of phenolic OH excluding ortho intramolecular Hbond substituents is 1. The average molecular weight is 1110 g/mol. The fourth-order valence-corrected chi connectivity index (χ4v) is 7.12. The lowest BCUT2D eigenvalue weighted by Crippen LogP contribution is -2.64. The van der Waals surface area contributed by atoms with Gasteiger partial charge >= 0.3 is 5.97 Å². The van der Waals surface area contributed by atoms with Gasteiger partial charge in [0, 0.05) is 6.42 Å². The van der Waals surface area contributed by atoms with Crippen molar-refractivity contribution in [1.82, 2.24) is 37.2 Å². The zero-order valence-corrected chi connectivity index (χ0v) is 38.2. The molecule has 0 fully saturated rings. The Bertz CT molecular complexity index is 1790. The highest BCUT2D eigenvalue weighted by atomic mass is 127. The third kappa shape index (κ3) is 17.3. The van der Waals surface area contributed by atoms with Crippen LogP contribution in [0.1, 0.15) is 46.6 Å². The SMILES string of the molecule is C[C@H](N)C(=O)N[C@@H](CO)C(=O)N[C@H](C(=O)N[C@H](C(=O)N[C@H](C(=O)N[C@@H](CC(N)=O)C(=O)N[C@@H](Cc1cc(I)c(O)c(I)c1)C(=O)N[C@H](C(=O)O)[C@H](C)O)[C@H](C)O)[C@H](C)O)[C@H](C)O. The standard InChI is InChI=1S/C35H53I2N9O16/c1-11(38)28(54)42-21(10-47)31(57)43-24(13(3)49)33(59)45-25(14(4)50)34(60)44-23(12(2)48)32(58)41-20(9-22(39)52)29(55)40-19(30(56)46-26(15(5)51)35(61)62)8-16-6-17(36)27(53)18(37)7-16/h6-7,11-15,19-21,23-26,47-51,53H,8-10,38H2,1-5H3,(H2,39,52)(H,40,55)(H,41,58)(H,42,54)(H,43,57)(H,44,60)(H,45,59)(H,46,56)(H,61,62)/t11-,12-,13-,14-,15-,19-,20-,21-,23-,24-,25-,26-/m0/s1. The molecule has 348 valence electrons. The van der Waals surface area contributed by atoms with Gasteiger partial charge in [0.15, 0.2) is 6.04 Å². The van der Waals surface area contributed by atoms with Crippen LogP contribution in [0.4, 0.5) is 0 Å². The van der Waals surface area contributed by atoms with E-state index in [2.05, 4.69) is 37.2 Å². The highest BCUT2D eigenvalue weighted by Gasteiger charge is 2.38. The molecule has 0 aliphatic carbocycles. The normalized spacial score (nSPS) is 17.0. The molecule has 0 aliphatic rings. The molecule has 0 unspecified atom stereocenters. The number of aromatic hydroxyl groups is 1. The van der Waals surface area contributed by atoms with E-state index in [0.717, 1.165) is 27.7 Å². The van der Waals surface area contributed by atoms with Gasteiger partial charge in [-0.15, -0.1) is 0 Å². The lowest BCUT2D eigenvalue weighted by atomic mass is 10.0. The van der Waals surface area contributed by atoms with Gasteiger partial charge in [-0.3, -0.25) is 38.4 Å². The number of hydrogen-bond acceptors (Lipinski definition) is 16. The van der Waals surface area contributed by atoms with Crippen LogP contribution in [0.25, 0.3) is 0 Å². The van der Waals surface area contributed by atoms with Gasteiger partial charge in [0.1, 0.15) is 42.0 Å². The van der Waals surface area contributed by atoms with E-state index in [1.807, 2.05) is 0 Å². The quantitative estimate of drug-likeness (QED) is 0.0428. The van der Waals surface area contributed by atoms with E-state index in [1.54, 1.807) is 45.2 Å². The van der Waals surface area contributed by atoms with Crippen LogP contribution < -0.4 is 48.7 Å². The average Bonchev–Trinajstić information content (AvgIpc) is 3.15. The van der Waals surface area contributed by atoms with Crippen molar-refractivity contribution in [1.29, 1.82) is 0 Å². The van der Waals surface area contributed by atoms with Crippen molar-refractivity contribution in [2.24, 2.45) is 11.5 Å². The van der Waals surface area contributed by atoms with Crippen LogP contribution in [-0.2, 0) is 49.6 Å². The molecular weight excluding hydrogens is 1060 g/mol. The van der Waals surface area contributed by atoms with Crippen LogP contribution in [0.5, 0.6) is 5.75 Å². The summed E-state index contributed by atoms with van der Waals surface area (Å²) in [4.78, 5) is 116. The molecule has 0 radical (unpaired) electrons. The number of primary amides is 1. The Balaban J connectivity index is 3.40. The Labute approximate surface area is 381 Å². The van der Waals surface area contributed by atoms with Crippen molar-refractivity contribution in [3.8, 4) is 5.75 Å². The van der Waals surface area contributed by atoms with Crippen molar-refractivity contribution in [2.45, 2.75) is 120 Å². The predicted molar refractivity (Wildman–Crippen MR) is 230 cm³/mol. The lowest BCUT2D eigenvalue weighted by molar-refractivity contribution is -0.145. The van der Waals surface area contributed by atoms with Crippen molar-refractivity contribution < 1.29 is 78.9 Å². The van der Waals surface area contributed by atoms with Crippen molar-refractivity contribution in [2.75, 3.05) is 6.61 Å². The van der Waals surface area contributed by atoms with Gasteiger partial charge in [0.05, 0.1) is 50.6 Å². The van der Waals surface area contributed by atoms with Crippen LogP contribution in [-0.4, -0.2) is 168 Å². The molecule has 0 bridgehead atoms. The van der Waals surface area contributed by atoms with Gasteiger partial charge in [-0.2, -0.15) is 0 Å². The minimum Gasteiger partial charge on any atom is -0.506 e. The first-order valence-corrected chi connectivity index (χ1v) is 20.7. The Morgan fingerprint density at radius 1 is 0.565 bits per heavy atom. The zero-order valence-electron chi connectivity index (χ0n) is 33.9. The van der Waals surface area contributed by atoms with Gasteiger partial charge < -0.3 is 84.4 Å². The molecule has 0 saturated heterocycles. The molecule has 18 N–H and O–H groups in total. The number of aliphatic carboxylic acids is 1. The first kappa shape index (κ1) is 55.5. The number of nitrogens with one attached hydrogen (secondary N) is 7.